The third-order valence-electron chi connectivity index (χ3n) is 4.60. The van der Waals surface area contributed by atoms with Crippen LogP contribution in [0.15, 0.2) is 24.3 Å². The molecule has 0 bridgehead atoms. The van der Waals surface area contributed by atoms with Crippen molar-refractivity contribution in [2.45, 2.75) is 54.6 Å². The normalized spacial score (nSPS) is 12.2. The summed E-state index contributed by atoms with van der Waals surface area (Å²) in [5, 5.41) is 3.70. The summed E-state index contributed by atoms with van der Waals surface area (Å²) < 4.78 is 0. The number of rotatable bonds is 4. The van der Waals surface area contributed by atoms with E-state index in [-0.39, 0.29) is 6.17 Å². The van der Waals surface area contributed by atoms with E-state index in [0.717, 1.165) is 0 Å². The van der Waals surface area contributed by atoms with Gasteiger partial charge in [0.25, 0.3) is 0 Å². The first-order valence-corrected chi connectivity index (χ1v) is 8.35. The Morgan fingerprint density at radius 3 is 1.57 bits per heavy atom. The summed E-state index contributed by atoms with van der Waals surface area (Å²) in [5.74, 6) is 0. The lowest BCUT2D eigenvalue weighted by atomic mass is 10.0. The van der Waals surface area contributed by atoms with Crippen molar-refractivity contribution in [1.29, 1.82) is 0 Å². The Kier molecular flexibility index (Phi) is 5.03. The Hall–Kier alpha value is -1.96. The maximum absolute atomic E-state index is 3.70. The van der Waals surface area contributed by atoms with E-state index >= 15 is 0 Å². The SMILES string of the molecule is Cc1cc(C)c(NC(C)N(C)c2c(C)cc(C)cc2C)c(C)c1. The molecular formula is C21H30N2. The Bertz CT molecular complexity index is 670. The second-order valence-corrected chi connectivity index (χ2v) is 6.95. The van der Waals surface area contributed by atoms with E-state index < -0.39 is 0 Å². The summed E-state index contributed by atoms with van der Waals surface area (Å²) in [5.41, 5.74) is 10.5. The van der Waals surface area contributed by atoms with Gasteiger partial charge in [0.15, 0.2) is 0 Å². The molecule has 0 fully saturated rings. The van der Waals surface area contributed by atoms with Gasteiger partial charge in [-0.3, -0.25) is 0 Å². The highest BCUT2D eigenvalue weighted by Gasteiger charge is 2.16. The Morgan fingerprint density at radius 2 is 1.13 bits per heavy atom. The molecule has 0 aliphatic carbocycles. The van der Waals surface area contributed by atoms with E-state index in [2.05, 4.69) is 90.0 Å². The van der Waals surface area contributed by atoms with Crippen molar-refractivity contribution in [3.8, 4) is 0 Å². The molecule has 1 atom stereocenters. The topological polar surface area (TPSA) is 15.3 Å². The fraction of sp³-hybridized carbons (Fsp3) is 0.429. The van der Waals surface area contributed by atoms with E-state index in [0.29, 0.717) is 0 Å². The molecule has 23 heavy (non-hydrogen) atoms. The quantitative estimate of drug-likeness (QED) is 0.757. The van der Waals surface area contributed by atoms with Gasteiger partial charge in [-0.2, -0.15) is 0 Å². The molecule has 1 N–H and O–H groups in total. The molecule has 0 amide bonds. The highest BCUT2D eigenvalue weighted by Crippen LogP contribution is 2.28. The lowest BCUT2D eigenvalue weighted by molar-refractivity contribution is 0.762. The highest BCUT2D eigenvalue weighted by molar-refractivity contribution is 5.63. The van der Waals surface area contributed by atoms with Gasteiger partial charge in [-0.25, -0.2) is 0 Å². The molecule has 2 aromatic carbocycles. The minimum atomic E-state index is 0.218. The van der Waals surface area contributed by atoms with Crippen molar-refractivity contribution in [3.63, 3.8) is 0 Å². The molecule has 0 spiro atoms. The molecule has 1 unspecified atom stereocenters. The van der Waals surface area contributed by atoms with Crippen molar-refractivity contribution in [2.24, 2.45) is 0 Å². The zero-order valence-corrected chi connectivity index (χ0v) is 15.8. The predicted molar refractivity (Wildman–Crippen MR) is 103 cm³/mol. The van der Waals surface area contributed by atoms with Crippen LogP contribution in [-0.2, 0) is 0 Å². The number of hydrogen-bond acceptors (Lipinski definition) is 2. The maximum atomic E-state index is 3.70. The first kappa shape index (κ1) is 17.4. The van der Waals surface area contributed by atoms with Crippen molar-refractivity contribution in [2.75, 3.05) is 17.3 Å². The third kappa shape index (κ3) is 3.69. The first-order valence-electron chi connectivity index (χ1n) is 8.35. The Balaban J connectivity index is 2.30. The van der Waals surface area contributed by atoms with E-state index in [1.54, 1.807) is 0 Å². The lowest BCUT2D eigenvalue weighted by Gasteiger charge is -2.32. The molecular weight excluding hydrogens is 280 g/mol. The first-order chi connectivity index (χ1) is 10.7. The minimum absolute atomic E-state index is 0.218. The average molecular weight is 310 g/mol. The zero-order chi connectivity index (χ0) is 17.3. The van der Waals surface area contributed by atoms with Gasteiger partial charge in [0.1, 0.15) is 0 Å². The summed E-state index contributed by atoms with van der Waals surface area (Å²) in [7, 11) is 2.17. The molecule has 2 heteroatoms. The van der Waals surface area contributed by atoms with Gasteiger partial charge in [0.05, 0.1) is 6.17 Å². The van der Waals surface area contributed by atoms with Crippen LogP contribution in [0, 0.1) is 41.5 Å². The molecule has 0 aromatic heterocycles. The molecule has 2 nitrogen and oxygen atoms in total. The summed E-state index contributed by atoms with van der Waals surface area (Å²) in [6.45, 7) is 15.3. The molecule has 2 rings (SSSR count). The maximum Gasteiger partial charge on any atom is 0.0958 e. The molecule has 0 aliphatic rings. The number of nitrogens with one attached hydrogen (secondary N) is 1. The van der Waals surface area contributed by atoms with Gasteiger partial charge in [0.2, 0.25) is 0 Å². The zero-order valence-electron chi connectivity index (χ0n) is 15.8. The molecule has 0 heterocycles. The van der Waals surface area contributed by atoms with E-state index in [1.165, 1.54) is 44.8 Å². The van der Waals surface area contributed by atoms with Gasteiger partial charge in [0, 0.05) is 18.4 Å². The number of nitrogens with zero attached hydrogens (tertiary/aromatic N) is 1. The van der Waals surface area contributed by atoms with Crippen molar-refractivity contribution in [3.05, 3.63) is 57.6 Å². The van der Waals surface area contributed by atoms with Crippen LogP contribution < -0.4 is 10.2 Å². The summed E-state index contributed by atoms with van der Waals surface area (Å²) in [6, 6.07) is 9.00. The standard InChI is InChI=1S/C21H30N2/c1-13-9-15(3)20(16(4)10-13)22-19(7)23(8)21-17(5)11-14(2)12-18(21)6/h9-12,19,22H,1-8H3. The smallest absolute Gasteiger partial charge is 0.0958 e. The lowest BCUT2D eigenvalue weighted by Crippen LogP contribution is -2.36. The Morgan fingerprint density at radius 1 is 0.739 bits per heavy atom. The van der Waals surface area contributed by atoms with E-state index in [1.807, 2.05) is 0 Å². The minimum Gasteiger partial charge on any atom is -0.365 e. The molecule has 0 aliphatic heterocycles. The van der Waals surface area contributed by atoms with Crippen molar-refractivity contribution >= 4 is 11.4 Å². The van der Waals surface area contributed by atoms with Crippen LogP contribution in [0.2, 0.25) is 0 Å². The van der Waals surface area contributed by atoms with Crippen LogP contribution in [0.4, 0.5) is 11.4 Å². The van der Waals surface area contributed by atoms with Crippen LogP contribution in [0.3, 0.4) is 0 Å². The van der Waals surface area contributed by atoms with Crippen LogP contribution in [0.25, 0.3) is 0 Å². The fourth-order valence-corrected chi connectivity index (χ4v) is 3.64. The van der Waals surface area contributed by atoms with Crippen LogP contribution in [0.1, 0.15) is 40.3 Å². The van der Waals surface area contributed by atoms with Crippen LogP contribution in [0.5, 0.6) is 0 Å². The van der Waals surface area contributed by atoms with Gasteiger partial charge in [-0.05, 0) is 70.7 Å². The molecule has 0 saturated carbocycles. The van der Waals surface area contributed by atoms with Gasteiger partial charge in [-0.15, -0.1) is 0 Å². The van der Waals surface area contributed by atoms with E-state index in [4.69, 9.17) is 0 Å². The number of hydrogen-bond donors (Lipinski definition) is 1. The fourth-order valence-electron chi connectivity index (χ4n) is 3.64. The van der Waals surface area contributed by atoms with E-state index in [9.17, 15) is 0 Å². The molecule has 0 saturated heterocycles. The monoisotopic (exact) mass is 310 g/mol. The average Bonchev–Trinajstić information content (AvgIpc) is 2.41. The van der Waals surface area contributed by atoms with Gasteiger partial charge >= 0.3 is 0 Å². The van der Waals surface area contributed by atoms with Crippen molar-refractivity contribution < 1.29 is 0 Å². The third-order valence-corrected chi connectivity index (χ3v) is 4.60. The second-order valence-electron chi connectivity index (χ2n) is 6.95. The predicted octanol–water partition coefficient (Wildman–Crippen LogP) is 5.43. The highest BCUT2D eigenvalue weighted by atomic mass is 15.2. The van der Waals surface area contributed by atoms with Crippen LogP contribution >= 0.6 is 0 Å². The van der Waals surface area contributed by atoms with Gasteiger partial charge in [-0.1, -0.05) is 35.4 Å². The molecule has 2 aromatic rings. The summed E-state index contributed by atoms with van der Waals surface area (Å²) in [6.07, 6.45) is 0.218. The number of benzene rings is 2. The molecule has 0 radical (unpaired) electrons. The van der Waals surface area contributed by atoms with Crippen LogP contribution in [-0.4, -0.2) is 13.2 Å². The largest absolute Gasteiger partial charge is 0.365 e. The second kappa shape index (κ2) is 6.66. The van der Waals surface area contributed by atoms with Crippen molar-refractivity contribution in [1.82, 2.24) is 0 Å². The summed E-state index contributed by atoms with van der Waals surface area (Å²) in [4.78, 5) is 2.34. The Labute approximate surface area is 141 Å². The van der Waals surface area contributed by atoms with Gasteiger partial charge < -0.3 is 10.2 Å². The summed E-state index contributed by atoms with van der Waals surface area (Å²) >= 11 is 0. The number of aryl methyl sites for hydroxylation is 6. The number of anilines is 2. The molecule has 124 valence electrons.